The summed E-state index contributed by atoms with van der Waals surface area (Å²) in [6.45, 7) is 0.877. The van der Waals surface area contributed by atoms with Crippen molar-refractivity contribution >= 4 is 5.82 Å². The normalized spacial score (nSPS) is 23.8. The molecule has 1 N–H and O–H groups in total. The van der Waals surface area contributed by atoms with E-state index in [1.54, 1.807) is 10.7 Å². The van der Waals surface area contributed by atoms with E-state index in [-0.39, 0.29) is 17.6 Å². The van der Waals surface area contributed by atoms with E-state index in [0.29, 0.717) is 30.5 Å². The minimum absolute atomic E-state index is 0.121. The van der Waals surface area contributed by atoms with Gasteiger partial charge in [-0.05, 0) is 49.8 Å². The van der Waals surface area contributed by atoms with E-state index >= 15 is 0 Å². The van der Waals surface area contributed by atoms with Gasteiger partial charge in [0, 0.05) is 17.7 Å². The first kappa shape index (κ1) is 16.5. The molecule has 5 rings (SSSR count). The van der Waals surface area contributed by atoms with Crippen molar-refractivity contribution in [2.24, 2.45) is 0 Å². The predicted octanol–water partition coefficient (Wildman–Crippen LogP) is 1.93. The van der Waals surface area contributed by atoms with Crippen LogP contribution in [0.2, 0.25) is 0 Å². The number of ether oxygens (including phenoxy) is 1. The second-order valence-corrected chi connectivity index (χ2v) is 7.63. The lowest BCUT2D eigenvalue weighted by atomic mass is 10.1. The lowest BCUT2D eigenvalue weighted by molar-refractivity contribution is 0.182. The van der Waals surface area contributed by atoms with Crippen LogP contribution in [0.3, 0.4) is 0 Å². The summed E-state index contributed by atoms with van der Waals surface area (Å²) in [5.74, 6) is 1.07. The lowest BCUT2D eigenvalue weighted by Gasteiger charge is -2.22. The van der Waals surface area contributed by atoms with Crippen LogP contribution in [0.25, 0.3) is 0 Å². The van der Waals surface area contributed by atoms with Gasteiger partial charge in [0.2, 0.25) is 0 Å². The van der Waals surface area contributed by atoms with Crippen LogP contribution in [0.15, 0.2) is 23.0 Å². The Hall–Kier alpha value is -2.72. The number of hydrogen-bond acceptors (Lipinski definition) is 6. The molecule has 0 radical (unpaired) electrons. The van der Waals surface area contributed by atoms with Crippen molar-refractivity contribution in [1.82, 2.24) is 14.8 Å². The summed E-state index contributed by atoms with van der Waals surface area (Å²) >= 11 is 0. The number of nitrogens with zero attached hydrogens (tertiary/aromatic N) is 4. The molecule has 1 saturated carbocycles. The second-order valence-electron chi connectivity index (χ2n) is 7.63. The molecule has 2 unspecified atom stereocenters. The first-order valence-electron chi connectivity index (χ1n) is 9.60. The maximum atomic E-state index is 12.4. The SMILES string of the molecule is N#Cc1cc2c(nc1NC1COCC1n1nc(C3CC3)ccc1=O)CCC2. The van der Waals surface area contributed by atoms with Crippen LogP contribution in [-0.4, -0.2) is 34.0 Å². The third-order valence-corrected chi connectivity index (χ3v) is 5.70. The Morgan fingerprint density at radius 2 is 2.15 bits per heavy atom. The highest BCUT2D eigenvalue weighted by atomic mass is 16.5. The molecule has 2 fully saturated rings. The molecule has 7 nitrogen and oxygen atoms in total. The molecule has 3 heterocycles. The molecule has 1 aliphatic heterocycles. The average Bonchev–Trinajstić information content (AvgIpc) is 3.26. The van der Waals surface area contributed by atoms with E-state index in [2.05, 4.69) is 16.5 Å². The standard InChI is InChI=1S/C20H21N5O2/c21-9-14-8-13-2-1-3-15(13)22-20(14)23-17-10-27-11-18(17)25-19(26)7-6-16(24-25)12-4-5-12/h6-8,12,17-18H,1-5,10-11H2,(H,22,23). The van der Waals surface area contributed by atoms with Gasteiger partial charge in [-0.15, -0.1) is 0 Å². The Morgan fingerprint density at radius 3 is 2.96 bits per heavy atom. The number of pyridine rings is 1. The highest BCUT2D eigenvalue weighted by Gasteiger charge is 2.34. The topological polar surface area (TPSA) is 92.8 Å². The number of aryl methyl sites for hydroxylation is 2. The van der Waals surface area contributed by atoms with Gasteiger partial charge in [-0.2, -0.15) is 10.4 Å². The van der Waals surface area contributed by atoms with Gasteiger partial charge >= 0.3 is 0 Å². The summed E-state index contributed by atoms with van der Waals surface area (Å²) in [7, 11) is 0. The second kappa shape index (κ2) is 6.46. The van der Waals surface area contributed by atoms with Crippen LogP contribution in [0, 0.1) is 11.3 Å². The van der Waals surface area contributed by atoms with Crippen molar-refractivity contribution in [3.63, 3.8) is 0 Å². The molecule has 27 heavy (non-hydrogen) atoms. The molecule has 7 heteroatoms. The molecule has 0 aromatic carbocycles. The molecular weight excluding hydrogens is 342 g/mol. The van der Waals surface area contributed by atoms with Crippen molar-refractivity contribution in [1.29, 1.82) is 5.26 Å². The number of anilines is 1. The van der Waals surface area contributed by atoms with E-state index in [1.165, 1.54) is 5.56 Å². The zero-order valence-corrected chi connectivity index (χ0v) is 15.0. The van der Waals surface area contributed by atoms with Gasteiger partial charge in [-0.1, -0.05) is 0 Å². The Balaban J connectivity index is 1.45. The quantitative estimate of drug-likeness (QED) is 0.892. The fourth-order valence-corrected chi connectivity index (χ4v) is 4.04. The Morgan fingerprint density at radius 1 is 1.26 bits per heavy atom. The van der Waals surface area contributed by atoms with Crippen molar-refractivity contribution in [2.75, 3.05) is 18.5 Å². The van der Waals surface area contributed by atoms with Gasteiger partial charge in [0.25, 0.3) is 5.56 Å². The minimum atomic E-state index is -0.210. The number of nitrogens with one attached hydrogen (secondary N) is 1. The third kappa shape index (κ3) is 3.00. The fourth-order valence-electron chi connectivity index (χ4n) is 4.04. The largest absolute Gasteiger partial charge is 0.377 e. The van der Waals surface area contributed by atoms with E-state index in [0.717, 1.165) is 43.5 Å². The number of nitriles is 1. The summed E-state index contributed by atoms with van der Waals surface area (Å²) in [6.07, 6.45) is 5.29. The maximum absolute atomic E-state index is 12.4. The maximum Gasteiger partial charge on any atom is 0.267 e. The van der Waals surface area contributed by atoms with E-state index < -0.39 is 0 Å². The average molecular weight is 363 g/mol. The molecule has 0 amide bonds. The Bertz CT molecular complexity index is 989. The predicted molar refractivity (Wildman–Crippen MR) is 98.7 cm³/mol. The van der Waals surface area contributed by atoms with Gasteiger partial charge in [-0.25, -0.2) is 9.67 Å². The molecular formula is C20H21N5O2. The molecule has 2 aliphatic carbocycles. The lowest BCUT2D eigenvalue weighted by Crippen LogP contribution is -2.37. The molecule has 0 spiro atoms. The van der Waals surface area contributed by atoms with Gasteiger partial charge in [0.05, 0.1) is 30.5 Å². The third-order valence-electron chi connectivity index (χ3n) is 5.70. The first-order valence-corrected chi connectivity index (χ1v) is 9.60. The molecule has 2 aromatic heterocycles. The molecule has 1 saturated heterocycles. The molecule has 3 aliphatic rings. The van der Waals surface area contributed by atoms with E-state index in [4.69, 9.17) is 9.72 Å². The van der Waals surface area contributed by atoms with Gasteiger partial charge < -0.3 is 10.1 Å². The highest BCUT2D eigenvalue weighted by molar-refractivity contribution is 5.55. The number of aromatic nitrogens is 3. The monoisotopic (exact) mass is 363 g/mol. The van der Waals surface area contributed by atoms with Crippen LogP contribution < -0.4 is 10.9 Å². The fraction of sp³-hybridized carbons (Fsp3) is 0.500. The van der Waals surface area contributed by atoms with Crippen LogP contribution in [0.5, 0.6) is 0 Å². The zero-order valence-electron chi connectivity index (χ0n) is 15.0. The van der Waals surface area contributed by atoms with Crippen molar-refractivity contribution in [3.8, 4) is 6.07 Å². The van der Waals surface area contributed by atoms with Gasteiger partial charge in [0.1, 0.15) is 17.9 Å². The van der Waals surface area contributed by atoms with Crippen molar-refractivity contribution in [3.05, 3.63) is 51.1 Å². The van der Waals surface area contributed by atoms with Crippen molar-refractivity contribution < 1.29 is 4.74 Å². The summed E-state index contributed by atoms with van der Waals surface area (Å²) in [5, 5.41) is 17.5. The molecule has 2 aromatic rings. The van der Waals surface area contributed by atoms with Crippen LogP contribution in [0.1, 0.15) is 53.7 Å². The smallest absolute Gasteiger partial charge is 0.267 e. The van der Waals surface area contributed by atoms with Crippen molar-refractivity contribution in [2.45, 2.75) is 50.1 Å². The Kier molecular flexibility index (Phi) is 3.94. The summed E-state index contributed by atoms with van der Waals surface area (Å²) < 4.78 is 7.21. The van der Waals surface area contributed by atoms with E-state index in [9.17, 15) is 10.1 Å². The molecule has 138 valence electrons. The summed E-state index contributed by atoms with van der Waals surface area (Å²) in [5.41, 5.74) is 3.65. The number of rotatable bonds is 4. The van der Waals surface area contributed by atoms with E-state index in [1.807, 2.05) is 12.1 Å². The molecule has 0 bridgehead atoms. The minimum Gasteiger partial charge on any atom is -0.377 e. The van der Waals surface area contributed by atoms with Crippen LogP contribution in [-0.2, 0) is 17.6 Å². The van der Waals surface area contributed by atoms with Gasteiger partial charge in [0.15, 0.2) is 0 Å². The summed E-state index contributed by atoms with van der Waals surface area (Å²) in [6, 6.07) is 7.27. The highest BCUT2D eigenvalue weighted by Crippen LogP contribution is 2.38. The van der Waals surface area contributed by atoms with Crippen LogP contribution >= 0.6 is 0 Å². The first-order chi connectivity index (χ1) is 13.2. The molecule has 2 atom stereocenters. The van der Waals surface area contributed by atoms with Crippen LogP contribution in [0.4, 0.5) is 5.82 Å². The zero-order chi connectivity index (χ0) is 18.4. The van der Waals surface area contributed by atoms with Gasteiger partial charge in [-0.3, -0.25) is 4.79 Å². The number of hydrogen-bond donors (Lipinski definition) is 1. The number of fused-ring (bicyclic) bond motifs is 1. The summed E-state index contributed by atoms with van der Waals surface area (Å²) in [4.78, 5) is 17.1. The Labute approximate surface area is 157 Å².